The molecule has 0 aliphatic heterocycles. The number of anilines is 1. The van der Waals surface area contributed by atoms with Gasteiger partial charge in [0.2, 0.25) is 11.1 Å². The molecule has 0 unspecified atom stereocenters. The number of carbonyl (C=O) groups is 1. The molecule has 0 saturated carbocycles. The average Bonchev–Trinajstić information content (AvgIpc) is 2.92. The van der Waals surface area contributed by atoms with E-state index in [2.05, 4.69) is 20.4 Å². The number of amides is 1. The number of aromatic nitrogens is 4. The van der Waals surface area contributed by atoms with Crippen molar-refractivity contribution < 1.29 is 4.79 Å². The molecule has 1 N–H and O–H groups in total. The van der Waals surface area contributed by atoms with Crippen LogP contribution in [0, 0.1) is 20.8 Å². The van der Waals surface area contributed by atoms with Crippen LogP contribution in [-0.4, -0.2) is 31.2 Å². The minimum absolute atomic E-state index is 0.139. The zero-order valence-electron chi connectivity index (χ0n) is 13.5. The second kappa shape index (κ2) is 6.78. The number of nitrogens with one attached hydrogen (secondary N) is 1. The van der Waals surface area contributed by atoms with Crippen molar-refractivity contribution in [2.75, 3.05) is 11.1 Å². The quantitative estimate of drug-likeness (QED) is 0.721. The Morgan fingerprint density at radius 2 is 2.04 bits per heavy atom. The first kappa shape index (κ1) is 16.7. The van der Waals surface area contributed by atoms with Gasteiger partial charge in [-0.3, -0.25) is 4.79 Å². The van der Waals surface area contributed by atoms with Crippen molar-refractivity contribution in [1.82, 2.24) is 19.6 Å². The summed E-state index contributed by atoms with van der Waals surface area (Å²) in [6.07, 6.45) is 0. The molecule has 0 spiro atoms. The van der Waals surface area contributed by atoms with Gasteiger partial charge in [-0.25, -0.2) is 9.50 Å². The molecule has 0 radical (unpaired) electrons. The van der Waals surface area contributed by atoms with E-state index in [1.54, 1.807) is 10.6 Å². The van der Waals surface area contributed by atoms with Gasteiger partial charge in [-0.1, -0.05) is 29.4 Å². The molecule has 0 aliphatic rings. The summed E-state index contributed by atoms with van der Waals surface area (Å²) in [5.41, 5.74) is 3.48. The maximum absolute atomic E-state index is 12.1. The third kappa shape index (κ3) is 3.68. The van der Waals surface area contributed by atoms with E-state index in [-0.39, 0.29) is 11.7 Å². The first-order chi connectivity index (χ1) is 11.4. The molecule has 3 aromatic rings. The summed E-state index contributed by atoms with van der Waals surface area (Å²) in [5, 5.41) is 8.32. The maximum atomic E-state index is 12.1. The Kier molecular flexibility index (Phi) is 4.73. The molecule has 8 heteroatoms. The lowest BCUT2D eigenvalue weighted by molar-refractivity contribution is -0.113. The minimum Gasteiger partial charge on any atom is -0.325 e. The van der Waals surface area contributed by atoms with E-state index in [9.17, 15) is 4.79 Å². The van der Waals surface area contributed by atoms with Crippen LogP contribution in [0.5, 0.6) is 0 Å². The minimum atomic E-state index is -0.139. The lowest BCUT2D eigenvalue weighted by atomic mass is 10.2. The van der Waals surface area contributed by atoms with E-state index in [1.807, 2.05) is 39.0 Å². The lowest BCUT2D eigenvalue weighted by Crippen LogP contribution is -2.14. The van der Waals surface area contributed by atoms with E-state index in [1.165, 1.54) is 11.8 Å². The van der Waals surface area contributed by atoms with Gasteiger partial charge >= 0.3 is 0 Å². The molecule has 1 amide bonds. The van der Waals surface area contributed by atoms with E-state index < -0.39 is 0 Å². The first-order valence-electron chi connectivity index (χ1n) is 7.32. The summed E-state index contributed by atoms with van der Waals surface area (Å²) < 4.78 is 1.67. The van der Waals surface area contributed by atoms with E-state index in [4.69, 9.17) is 11.6 Å². The van der Waals surface area contributed by atoms with Crippen LogP contribution in [0.15, 0.2) is 29.4 Å². The van der Waals surface area contributed by atoms with Crippen LogP contribution in [0.2, 0.25) is 5.02 Å². The fraction of sp³-hybridized carbons (Fsp3) is 0.250. The standard InChI is InChI=1S/C16H16ClN5OS/c1-9-4-5-12(7-13(9)17)19-14(23)8-24-16-20-15-18-10(2)6-11(3)22(15)21-16/h4-7H,8H2,1-3H3,(H,19,23). The Morgan fingerprint density at radius 1 is 1.25 bits per heavy atom. The number of benzene rings is 1. The second-order valence-corrected chi connectivity index (χ2v) is 6.80. The van der Waals surface area contributed by atoms with Gasteiger partial charge in [0, 0.05) is 22.1 Å². The predicted molar refractivity (Wildman–Crippen MR) is 95.8 cm³/mol. The number of halogens is 1. The Bertz CT molecular complexity index is 924. The number of rotatable bonds is 4. The molecular formula is C16H16ClN5OS. The highest BCUT2D eigenvalue weighted by Crippen LogP contribution is 2.21. The zero-order chi connectivity index (χ0) is 17.3. The fourth-order valence-electron chi connectivity index (χ4n) is 2.21. The third-order valence-electron chi connectivity index (χ3n) is 3.39. The van der Waals surface area contributed by atoms with Crippen LogP contribution >= 0.6 is 23.4 Å². The number of fused-ring (bicyclic) bond motifs is 1. The fourth-order valence-corrected chi connectivity index (χ4v) is 3.01. The molecular weight excluding hydrogens is 346 g/mol. The van der Waals surface area contributed by atoms with Gasteiger partial charge in [-0.2, -0.15) is 4.98 Å². The van der Waals surface area contributed by atoms with Crippen LogP contribution in [-0.2, 0) is 4.79 Å². The molecule has 0 saturated heterocycles. The van der Waals surface area contributed by atoms with Crippen molar-refractivity contribution >= 4 is 40.7 Å². The third-order valence-corrected chi connectivity index (χ3v) is 4.63. The summed E-state index contributed by atoms with van der Waals surface area (Å²) in [6, 6.07) is 7.36. The number of thioether (sulfide) groups is 1. The molecule has 0 bridgehead atoms. The van der Waals surface area contributed by atoms with Crippen molar-refractivity contribution in [2.45, 2.75) is 25.9 Å². The highest BCUT2D eigenvalue weighted by Gasteiger charge is 2.11. The average molecular weight is 362 g/mol. The first-order valence-corrected chi connectivity index (χ1v) is 8.68. The highest BCUT2D eigenvalue weighted by atomic mass is 35.5. The van der Waals surface area contributed by atoms with Crippen molar-refractivity contribution in [2.24, 2.45) is 0 Å². The Hall–Kier alpha value is -2.12. The molecule has 124 valence electrons. The monoisotopic (exact) mass is 361 g/mol. The van der Waals surface area contributed by atoms with Gasteiger partial charge in [-0.05, 0) is 44.5 Å². The number of nitrogens with zero attached hydrogens (tertiary/aromatic N) is 4. The molecule has 2 heterocycles. The lowest BCUT2D eigenvalue weighted by Gasteiger charge is -2.05. The van der Waals surface area contributed by atoms with Crippen LogP contribution in [0.3, 0.4) is 0 Å². The van der Waals surface area contributed by atoms with Gasteiger partial charge in [0.05, 0.1) is 5.75 Å². The smallest absolute Gasteiger partial charge is 0.253 e. The molecule has 0 atom stereocenters. The number of carbonyl (C=O) groups excluding carboxylic acids is 1. The van der Waals surface area contributed by atoms with Gasteiger partial charge in [0.1, 0.15) is 0 Å². The van der Waals surface area contributed by atoms with Crippen molar-refractivity contribution in [1.29, 1.82) is 0 Å². The summed E-state index contributed by atoms with van der Waals surface area (Å²) >= 11 is 7.32. The summed E-state index contributed by atoms with van der Waals surface area (Å²) in [4.78, 5) is 20.7. The molecule has 6 nitrogen and oxygen atoms in total. The topological polar surface area (TPSA) is 72.2 Å². The normalized spacial score (nSPS) is 11.0. The van der Waals surface area contributed by atoms with Gasteiger partial charge < -0.3 is 5.32 Å². The molecule has 1 aromatic carbocycles. The van der Waals surface area contributed by atoms with Crippen LogP contribution < -0.4 is 5.32 Å². The maximum Gasteiger partial charge on any atom is 0.253 e. The second-order valence-electron chi connectivity index (χ2n) is 5.45. The van der Waals surface area contributed by atoms with Crippen molar-refractivity contribution in [3.8, 4) is 0 Å². The summed E-state index contributed by atoms with van der Waals surface area (Å²) in [6.45, 7) is 5.77. The molecule has 2 aromatic heterocycles. The Balaban J connectivity index is 1.65. The predicted octanol–water partition coefficient (Wildman–Crippen LogP) is 3.43. The number of hydrogen-bond acceptors (Lipinski definition) is 5. The van der Waals surface area contributed by atoms with E-state index in [0.717, 1.165) is 17.0 Å². The number of hydrogen-bond donors (Lipinski definition) is 1. The SMILES string of the molecule is Cc1cc(C)n2nc(SCC(=O)Nc3ccc(C)c(Cl)c3)nc2n1. The van der Waals surface area contributed by atoms with Gasteiger partial charge in [0.15, 0.2) is 0 Å². The molecule has 0 fully saturated rings. The summed E-state index contributed by atoms with van der Waals surface area (Å²) in [5.74, 6) is 0.612. The van der Waals surface area contributed by atoms with Gasteiger partial charge in [0.25, 0.3) is 5.78 Å². The Labute approximate surface area is 148 Å². The van der Waals surface area contributed by atoms with Crippen molar-refractivity contribution in [3.63, 3.8) is 0 Å². The highest BCUT2D eigenvalue weighted by molar-refractivity contribution is 7.99. The van der Waals surface area contributed by atoms with Gasteiger partial charge in [-0.15, -0.1) is 5.10 Å². The van der Waals surface area contributed by atoms with E-state index in [0.29, 0.717) is 21.6 Å². The largest absolute Gasteiger partial charge is 0.325 e. The zero-order valence-corrected chi connectivity index (χ0v) is 15.1. The molecule has 24 heavy (non-hydrogen) atoms. The molecule has 0 aliphatic carbocycles. The number of aryl methyl sites for hydroxylation is 3. The van der Waals surface area contributed by atoms with Crippen LogP contribution in [0.4, 0.5) is 5.69 Å². The van der Waals surface area contributed by atoms with E-state index >= 15 is 0 Å². The Morgan fingerprint density at radius 3 is 2.79 bits per heavy atom. The van der Waals surface area contributed by atoms with Crippen molar-refractivity contribution in [3.05, 3.63) is 46.2 Å². The molecule has 3 rings (SSSR count). The van der Waals surface area contributed by atoms with Crippen LogP contribution in [0.1, 0.15) is 17.0 Å². The summed E-state index contributed by atoms with van der Waals surface area (Å²) in [7, 11) is 0. The van der Waals surface area contributed by atoms with Crippen LogP contribution in [0.25, 0.3) is 5.78 Å².